The van der Waals surface area contributed by atoms with Crippen LogP contribution in [-0.4, -0.2) is 17.6 Å². The first-order chi connectivity index (χ1) is 12.8. The van der Waals surface area contributed by atoms with Crippen molar-refractivity contribution < 1.29 is 14.3 Å². The van der Waals surface area contributed by atoms with Crippen molar-refractivity contribution in [1.82, 2.24) is 10.6 Å². The lowest BCUT2D eigenvalue weighted by atomic mass is 10.1. The zero-order valence-corrected chi connectivity index (χ0v) is 16.2. The van der Waals surface area contributed by atoms with Crippen LogP contribution < -0.4 is 10.6 Å². The summed E-state index contributed by atoms with van der Waals surface area (Å²) >= 11 is 0. The molecule has 2 N–H and O–H groups in total. The van der Waals surface area contributed by atoms with Gasteiger partial charge in [-0.25, -0.2) is 4.79 Å². The van der Waals surface area contributed by atoms with Gasteiger partial charge in [-0.15, -0.1) is 0 Å². The van der Waals surface area contributed by atoms with Gasteiger partial charge in [-0.1, -0.05) is 54.6 Å². The second kappa shape index (κ2) is 9.76. The minimum Gasteiger partial charge on any atom is -0.444 e. The molecule has 0 aromatic heterocycles. The van der Waals surface area contributed by atoms with E-state index >= 15 is 0 Å². The Morgan fingerprint density at radius 2 is 1.37 bits per heavy atom. The summed E-state index contributed by atoms with van der Waals surface area (Å²) in [6, 6.07) is 17.7. The molecule has 0 unspecified atom stereocenters. The highest BCUT2D eigenvalue weighted by atomic mass is 16.6. The number of nitrogens with one attached hydrogen (secondary N) is 2. The van der Waals surface area contributed by atoms with E-state index in [-0.39, 0.29) is 5.91 Å². The van der Waals surface area contributed by atoms with Gasteiger partial charge < -0.3 is 15.4 Å². The molecule has 0 atom stereocenters. The highest BCUT2D eigenvalue weighted by molar-refractivity contribution is 5.76. The molecule has 0 aliphatic carbocycles. The van der Waals surface area contributed by atoms with Crippen LogP contribution in [0.15, 0.2) is 54.6 Å². The summed E-state index contributed by atoms with van der Waals surface area (Å²) in [5, 5.41) is 5.66. The van der Waals surface area contributed by atoms with E-state index in [0.717, 1.165) is 23.1 Å². The van der Waals surface area contributed by atoms with Crippen molar-refractivity contribution in [2.75, 3.05) is 0 Å². The second-order valence-corrected chi connectivity index (χ2v) is 7.43. The topological polar surface area (TPSA) is 67.4 Å². The van der Waals surface area contributed by atoms with Crippen LogP contribution in [0.5, 0.6) is 0 Å². The van der Waals surface area contributed by atoms with Gasteiger partial charge in [0.25, 0.3) is 0 Å². The van der Waals surface area contributed by atoms with Crippen LogP contribution in [0, 0.1) is 0 Å². The minimum atomic E-state index is -0.507. The van der Waals surface area contributed by atoms with Crippen molar-refractivity contribution in [3.63, 3.8) is 0 Å². The molecule has 144 valence electrons. The average Bonchev–Trinajstić information content (AvgIpc) is 2.63. The number of alkyl carbamates (subject to hydrolysis) is 1. The van der Waals surface area contributed by atoms with Gasteiger partial charge in [-0.2, -0.15) is 0 Å². The molecule has 2 aromatic rings. The highest BCUT2D eigenvalue weighted by Crippen LogP contribution is 2.08. The molecule has 5 heteroatoms. The molecule has 0 saturated heterocycles. The molecule has 0 aliphatic rings. The lowest BCUT2D eigenvalue weighted by Crippen LogP contribution is -2.32. The quantitative estimate of drug-likeness (QED) is 0.777. The molecule has 0 radical (unpaired) electrons. The Kier molecular flexibility index (Phi) is 7.41. The minimum absolute atomic E-state index is 0.0366. The maximum Gasteiger partial charge on any atom is 0.407 e. The van der Waals surface area contributed by atoms with Crippen molar-refractivity contribution in [3.05, 3.63) is 71.3 Å². The van der Waals surface area contributed by atoms with Gasteiger partial charge in [0, 0.05) is 19.5 Å². The maximum atomic E-state index is 12.0. The van der Waals surface area contributed by atoms with Gasteiger partial charge in [0.2, 0.25) is 5.91 Å². The zero-order chi connectivity index (χ0) is 19.7. The normalized spacial score (nSPS) is 10.9. The monoisotopic (exact) mass is 368 g/mol. The summed E-state index contributed by atoms with van der Waals surface area (Å²) in [5.74, 6) is 0.0366. The molecule has 2 aromatic carbocycles. The lowest BCUT2D eigenvalue weighted by Gasteiger charge is -2.19. The third-order valence-electron chi connectivity index (χ3n) is 3.83. The Hall–Kier alpha value is -2.82. The number of hydrogen-bond acceptors (Lipinski definition) is 3. The third kappa shape index (κ3) is 8.40. The standard InChI is InChI=1S/C22H28N2O3/c1-22(2,3)27-21(26)24-16-19-11-9-18(10-12-19)15-23-20(25)14-13-17-7-5-4-6-8-17/h4-12H,13-16H2,1-3H3,(H,23,25)(H,24,26). The number of carbonyl (C=O) groups is 2. The predicted octanol–water partition coefficient (Wildman–Crippen LogP) is 3.96. The first-order valence-corrected chi connectivity index (χ1v) is 9.17. The van der Waals surface area contributed by atoms with E-state index < -0.39 is 11.7 Å². The molecular weight excluding hydrogens is 340 g/mol. The van der Waals surface area contributed by atoms with Gasteiger partial charge >= 0.3 is 6.09 Å². The predicted molar refractivity (Wildman–Crippen MR) is 106 cm³/mol. The molecule has 5 nitrogen and oxygen atoms in total. The number of ether oxygens (including phenoxy) is 1. The number of carbonyl (C=O) groups excluding carboxylic acids is 2. The fourth-order valence-electron chi connectivity index (χ4n) is 2.45. The molecule has 2 amide bonds. The van der Waals surface area contributed by atoms with E-state index in [2.05, 4.69) is 10.6 Å². The highest BCUT2D eigenvalue weighted by Gasteiger charge is 2.15. The molecule has 27 heavy (non-hydrogen) atoms. The van der Waals surface area contributed by atoms with Gasteiger partial charge in [0.05, 0.1) is 0 Å². The van der Waals surface area contributed by atoms with Crippen molar-refractivity contribution in [2.24, 2.45) is 0 Å². The van der Waals surface area contributed by atoms with Crippen molar-refractivity contribution in [3.8, 4) is 0 Å². The first kappa shape index (κ1) is 20.5. The molecule has 0 aliphatic heterocycles. The maximum absolute atomic E-state index is 12.0. The van der Waals surface area contributed by atoms with Gasteiger partial charge in [-0.3, -0.25) is 4.79 Å². The molecule has 0 bridgehead atoms. The van der Waals surface area contributed by atoms with Crippen LogP contribution in [0.25, 0.3) is 0 Å². The second-order valence-electron chi connectivity index (χ2n) is 7.43. The van der Waals surface area contributed by atoms with E-state index in [1.54, 1.807) is 0 Å². The largest absolute Gasteiger partial charge is 0.444 e. The Morgan fingerprint density at radius 3 is 1.93 bits per heavy atom. The third-order valence-corrected chi connectivity index (χ3v) is 3.83. The van der Waals surface area contributed by atoms with Crippen LogP contribution in [0.4, 0.5) is 4.79 Å². The number of hydrogen-bond donors (Lipinski definition) is 2. The SMILES string of the molecule is CC(C)(C)OC(=O)NCc1ccc(CNC(=O)CCc2ccccc2)cc1. The van der Waals surface area contributed by atoms with E-state index in [4.69, 9.17) is 4.74 Å². The van der Waals surface area contributed by atoms with Crippen LogP contribution in [0.2, 0.25) is 0 Å². The molecule has 0 spiro atoms. The summed E-state index contributed by atoms with van der Waals surface area (Å²) in [7, 11) is 0. The number of rotatable bonds is 7. The van der Waals surface area contributed by atoms with Gasteiger partial charge in [0.15, 0.2) is 0 Å². The lowest BCUT2D eigenvalue weighted by molar-refractivity contribution is -0.121. The number of amides is 2. The molecule has 0 saturated carbocycles. The van der Waals surface area contributed by atoms with E-state index in [9.17, 15) is 9.59 Å². The van der Waals surface area contributed by atoms with Crippen LogP contribution >= 0.6 is 0 Å². The number of benzene rings is 2. The van der Waals surface area contributed by atoms with Crippen LogP contribution in [-0.2, 0) is 29.0 Å². The Balaban J connectivity index is 1.70. The molecule has 2 rings (SSSR count). The summed E-state index contributed by atoms with van der Waals surface area (Å²) in [4.78, 5) is 23.6. The van der Waals surface area contributed by atoms with E-state index in [0.29, 0.717) is 19.5 Å². The van der Waals surface area contributed by atoms with E-state index in [1.165, 1.54) is 0 Å². The summed E-state index contributed by atoms with van der Waals surface area (Å²) in [6.45, 7) is 6.38. The van der Waals surface area contributed by atoms with Crippen molar-refractivity contribution in [2.45, 2.75) is 52.3 Å². The Labute approximate surface area is 161 Å². The van der Waals surface area contributed by atoms with E-state index in [1.807, 2.05) is 75.4 Å². The molecule has 0 fully saturated rings. The van der Waals surface area contributed by atoms with Crippen LogP contribution in [0.3, 0.4) is 0 Å². The fourth-order valence-corrected chi connectivity index (χ4v) is 2.45. The van der Waals surface area contributed by atoms with Gasteiger partial charge in [0.1, 0.15) is 5.60 Å². The fraction of sp³-hybridized carbons (Fsp3) is 0.364. The molecule has 0 heterocycles. The Bertz CT molecular complexity index is 734. The zero-order valence-electron chi connectivity index (χ0n) is 16.2. The van der Waals surface area contributed by atoms with Crippen LogP contribution in [0.1, 0.15) is 43.9 Å². The first-order valence-electron chi connectivity index (χ1n) is 9.17. The molecular formula is C22H28N2O3. The Morgan fingerprint density at radius 1 is 0.815 bits per heavy atom. The van der Waals surface area contributed by atoms with Gasteiger partial charge in [-0.05, 0) is 43.9 Å². The summed E-state index contributed by atoms with van der Waals surface area (Å²) < 4.78 is 5.21. The smallest absolute Gasteiger partial charge is 0.407 e. The number of aryl methyl sites for hydroxylation is 1. The average molecular weight is 368 g/mol. The van der Waals surface area contributed by atoms with Crippen molar-refractivity contribution >= 4 is 12.0 Å². The summed E-state index contributed by atoms with van der Waals surface area (Å²) in [6.07, 6.45) is 0.779. The van der Waals surface area contributed by atoms with Crippen molar-refractivity contribution in [1.29, 1.82) is 0 Å². The summed E-state index contributed by atoms with van der Waals surface area (Å²) in [5.41, 5.74) is 2.64.